The zero-order valence-corrected chi connectivity index (χ0v) is 7.71. The van der Waals surface area contributed by atoms with Crippen LogP contribution in [-0.4, -0.2) is 37.7 Å². The van der Waals surface area contributed by atoms with Gasteiger partial charge in [0.15, 0.2) is 0 Å². The highest BCUT2D eigenvalue weighted by Crippen LogP contribution is 2.12. The van der Waals surface area contributed by atoms with Gasteiger partial charge in [-0.15, -0.1) is 0 Å². The van der Waals surface area contributed by atoms with Crippen LogP contribution in [0.25, 0.3) is 0 Å². The molecule has 2 atom stereocenters. The van der Waals surface area contributed by atoms with Crippen molar-refractivity contribution in [1.82, 2.24) is 10.6 Å². The number of carbonyl (C=O) groups excluding carboxylic acids is 1. The molecule has 1 amide bonds. The molecule has 2 aliphatic rings. The molecular weight excluding hydrogens is 168 g/mol. The largest absolute Gasteiger partial charge is 0.368 e. The zero-order chi connectivity index (χ0) is 9.10. The van der Waals surface area contributed by atoms with Crippen molar-refractivity contribution in [3.63, 3.8) is 0 Å². The van der Waals surface area contributed by atoms with Crippen LogP contribution in [0.1, 0.15) is 19.3 Å². The molecule has 0 aromatic rings. The Labute approximate surface area is 78.0 Å². The summed E-state index contributed by atoms with van der Waals surface area (Å²) in [7, 11) is 0. The van der Waals surface area contributed by atoms with Gasteiger partial charge in [-0.3, -0.25) is 4.79 Å². The summed E-state index contributed by atoms with van der Waals surface area (Å²) in [6.45, 7) is 2.65. The predicted octanol–water partition coefficient (Wildman–Crippen LogP) is -0.357. The van der Waals surface area contributed by atoms with E-state index in [1.807, 2.05) is 0 Å². The van der Waals surface area contributed by atoms with Gasteiger partial charge in [0.25, 0.3) is 0 Å². The highest BCUT2D eigenvalue weighted by molar-refractivity contribution is 5.81. The first kappa shape index (κ1) is 8.97. The average Bonchev–Trinajstić information content (AvgIpc) is 2.74. The van der Waals surface area contributed by atoms with Crippen LogP contribution >= 0.6 is 0 Å². The molecule has 0 bridgehead atoms. The zero-order valence-electron chi connectivity index (χ0n) is 7.71. The first-order valence-electron chi connectivity index (χ1n) is 4.99. The van der Waals surface area contributed by atoms with Crippen molar-refractivity contribution in [2.75, 3.05) is 19.7 Å². The van der Waals surface area contributed by atoms with E-state index in [0.29, 0.717) is 6.04 Å². The number of hydrogen-bond acceptors (Lipinski definition) is 3. The summed E-state index contributed by atoms with van der Waals surface area (Å²) >= 11 is 0. The molecule has 0 radical (unpaired) electrons. The van der Waals surface area contributed by atoms with Gasteiger partial charge in [-0.25, -0.2) is 0 Å². The van der Waals surface area contributed by atoms with E-state index in [9.17, 15) is 4.79 Å². The summed E-state index contributed by atoms with van der Waals surface area (Å²) in [4.78, 5) is 11.5. The molecule has 2 heterocycles. The van der Waals surface area contributed by atoms with E-state index in [0.717, 1.165) is 39.0 Å². The highest BCUT2D eigenvalue weighted by Gasteiger charge is 2.26. The molecule has 2 N–H and O–H groups in total. The minimum atomic E-state index is -0.180. The third-order valence-corrected chi connectivity index (χ3v) is 2.63. The lowest BCUT2D eigenvalue weighted by atomic mass is 10.2. The van der Waals surface area contributed by atoms with Crippen LogP contribution in [0.3, 0.4) is 0 Å². The number of hydrogen-bond donors (Lipinski definition) is 2. The number of rotatable bonds is 2. The summed E-state index contributed by atoms with van der Waals surface area (Å²) in [5, 5.41) is 6.21. The van der Waals surface area contributed by atoms with Crippen LogP contribution in [-0.2, 0) is 9.53 Å². The molecule has 0 aromatic heterocycles. The molecule has 1 unspecified atom stereocenters. The molecule has 4 nitrogen and oxygen atoms in total. The quantitative estimate of drug-likeness (QED) is 0.616. The SMILES string of the molecule is O=C(NC1CCNC1)[C@@H]1CCCO1. The topological polar surface area (TPSA) is 50.4 Å². The Morgan fingerprint density at radius 1 is 1.46 bits per heavy atom. The van der Waals surface area contributed by atoms with E-state index >= 15 is 0 Å². The van der Waals surface area contributed by atoms with Crippen molar-refractivity contribution in [3.8, 4) is 0 Å². The molecule has 0 saturated carbocycles. The number of amides is 1. The van der Waals surface area contributed by atoms with Gasteiger partial charge in [-0.1, -0.05) is 0 Å². The number of carbonyl (C=O) groups is 1. The van der Waals surface area contributed by atoms with Crippen LogP contribution in [0.2, 0.25) is 0 Å². The fourth-order valence-corrected chi connectivity index (χ4v) is 1.86. The minimum Gasteiger partial charge on any atom is -0.368 e. The summed E-state index contributed by atoms with van der Waals surface area (Å²) in [6.07, 6.45) is 2.76. The smallest absolute Gasteiger partial charge is 0.249 e. The van der Waals surface area contributed by atoms with Crippen LogP contribution in [0, 0.1) is 0 Å². The normalized spacial score (nSPS) is 33.5. The lowest BCUT2D eigenvalue weighted by Gasteiger charge is -2.14. The molecular formula is C9H16N2O2. The lowest BCUT2D eigenvalue weighted by molar-refractivity contribution is -0.130. The van der Waals surface area contributed by atoms with Crippen LogP contribution in [0.5, 0.6) is 0 Å². The van der Waals surface area contributed by atoms with E-state index in [1.165, 1.54) is 0 Å². The molecule has 13 heavy (non-hydrogen) atoms. The first-order valence-corrected chi connectivity index (χ1v) is 4.99. The van der Waals surface area contributed by atoms with Gasteiger partial charge >= 0.3 is 0 Å². The summed E-state index contributed by atoms with van der Waals surface area (Å²) in [5.41, 5.74) is 0. The molecule has 2 fully saturated rings. The van der Waals surface area contributed by atoms with Crippen molar-refractivity contribution >= 4 is 5.91 Å². The number of nitrogens with one attached hydrogen (secondary N) is 2. The van der Waals surface area contributed by atoms with E-state index in [-0.39, 0.29) is 12.0 Å². The van der Waals surface area contributed by atoms with E-state index in [4.69, 9.17) is 4.74 Å². The Balaban J connectivity index is 1.76. The summed E-state index contributed by atoms with van der Waals surface area (Å²) < 4.78 is 5.29. The Kier molecular flexibility index (Phi) is 2.80. The highest BCUT2D eigenvalue weighted by atomic mass is 16.5. The van der Waals surface area contributed by atoms with Gasteiger partial charge < -0.3 is 15.4 Å². The number of ether oxygens (including phenoxy) is 1. The third kappa shape index (κ3) is 2.19. The second kappa shape index (κ2) is 4.07. The van der Waals surface area contributed by atoms with Gasteiger partial charge in [0.05, 0.1) is 0 Å². The fraction of sp³-hybridized carbons (Fsp3) is 0.889. The molecule has 0 aromatic carbocycles. The Bertz CT molecular complexity index is 184. The van der Waals surface area contributed by atoms with Crippen molar-refractivity contribution in [2.45, 2.75) is 31.4 Å². The van der Waals surface area contributed by atoms with E-state index in [2.05, 4.69) is 10.6 Å². The van der Waals surface area contributed by atoms with Crippen LogP contribution < -0.4 is 10.6 Å². The monoisotopic (exact) mass is 184 g/mol. The third-order valence-electron chi connectivity index (χ3n) is 2.63. The Hall–Kier alpha value is -0.610. The van der Waals surface area contributed by atoms with Gasteiger partial charge in [-0.05, 0) is 25.8 Å². The van der Waals surface area contributed by atoms with Gasteiger partial charge in [0, 0.05) is 19.2 Å². The fourth-order valence-electron chi connectivity index (χ4n) is 1.86. The summed E-state index contributed by atoms with van der Waals surface area (Å²) in [6, 6.07) is 0.316. The Morgan fingerprint density at radius 2 is 2.38 bits per heavy atom. The predicted molar refractivity (Wildman–Crippen MR) is 48.4 cm³/mol. The molecule has 0 spiro atoms. The molecule has 2 saturated heterocycles. The van der Waals surface area contributed by atoms with Gasteiger partial charge in [-0.2, -0.15) is 0 Å². The Morgan fingerprint density at radius 3 is 3.00 bits per heavy atom. The molecule has 0 aliphatic carbocycles. The average molecular weight is 184 g/mol. The van der Waals surface area contributed by atoms with Gasteiger partial charge in [0.1, 0.15) is 6.10 Å². The maximum Gasteiger partial charge on any atom is 0.249 e. The van der Waals surface area contributed by atoms with Crippen molar-refractivity contribution < 1.29 is 9.53 Å². The van der Waals surface area contributed by atoms with E-state index in [1.54, 1.807) is 0 Å². The minimum absolute atomic E-state index is 0.0752. The maximum absolute atomic E-state index is 11.5. The summed E-state index contributed by atoms with van der Waals surface area (Å²) in [5.74, 6) is 0.0752. The van der Waals surface area contributed by atoms with Crippen molar-refractivity contribution in [3.05, 3.63) is 0 Å². The molecule has 2 rings (SSSR count). The molecule has 4 heteroatoms. The van der Waals surface area contributed by atoms with Crippen LogP contribution in [0.15, 0.2) is 0 Å². The van der Waals surface area contributed by atoms with Crippen molar-refractivity contribution in [1.29, 1.82) is 0 Å². The van der Waals surface area contributed by atoms with Crippen LogP contribution in [0.4, 0.5) is 0 Å². The molecule has 74 valence electrons. The molecule has 2 aliphatic heterocycles. The standard InChI is InChI=1S/C9H16N2O2/c12-9(8-2-1-5-13-8)11-7-3-4-10-6-7/h7-8,10H,1-6H2,(H,11,12)/t7?,8-/m0/s1. The first-order chi connectivity index (χ1) is 6.36. The maximum atomic E-state index is 11.5. The lowest BCUT2D eigenvalue weighted by Crippen LogP contribution is -2.42. The van der Waals surface area contributed by atoms with Crippen molar-refractivity contribution in [2.24, 2.45) is 0 Å². The van der Waals surface area contributed by atoms with E-state index < -0.39 is 0 Å². The van der Waals surface area contributed by atoms with Gasteiger partial charge in [0.2, 0.25) is 5.91 Å². The second-order valence-electron chi connectivity index (χ2n) is 3.70. The second-order valence-corrected chi connectivity index (χ2v) is 3.70.